The highest BCUT2D eigenvalue weighted by Crippen LogP contribution is 2.29. The van der Waals surface area contributed by atoms with Gasteiger partial charge in [0.15, 0.2) is 5.76 Å². The smallest absolute Gasteiger partial charge is 0.287 e. The summed E-state index contributed by atoms with van der Waals surface area (Å²) < 4.78 is 11.0. The third-order valence-corrected chi connectivity index (χ3v) is 4.00. The molecule has 1 aromatic heterocycles. The molecule has 0 unspecified atom stereocenters. The van der Waals surface area contributed by atoms with Crippen LogP contribution < -0.4 is 10.1 Å². The fourth-order valence-corrected chi connectivity index (χ4v) is 2.63. The number of amides is 1. The first-order valence-corrected chi connectivity index (χ1v) is 7.53. The molecule has 0 saturated carbocycles. The Morgan fingerprint density at radius 3 is 2.61 bits per heavy atom. The highest BCUT2D eigenvalue weighted by molar-refractivity contribution is 5.99. The number of hydrogen-bond donors (Lipinski definition) is 1. The van der Waals surface area contributed by atoms with Crippen molar-refractivity contribution in [3.63, 3.8) is 0 Å². The zero-order chi connectivity index (χ0) is 16.4. The van der Waals surface area contributed by atoms with Gasteiger partial charge in [-0.25, -0.2) is 0 Å². The van der Waals surface area contributed by atoms with Gasteiger partial charge < -0.3 is 14.5 Å². The van der Waals surface area contributed by atoms with Crippen LogP contribution >= 0.6 is 0 Å². The first-order valence-electron chi connectivity index (χ1n) is 7.53. The first-order chi connectivity index (χ1) is 11.1. The summed E-state index contributed by atoms with van der Waals surface area (Å²) in [6, 6.07) is 15.3. The average Bonchev–Trinajstić information content (AvgIpc) is 2.92. The average molecular weight is 309 g/mol. The Labute approximate surface area is 135 Å². The second-order valence-electron chi connectivity index (χ2n) is 5.52. The molecule has 1 heterocycles. The van der Waals surface area contributed by atoms with E-state index < -0.39 is 0 Å². The molecule has 0 fully saturated rings. The van der Waals surface area contributed by atoms with Gasteiger partial charge in [-0.1, -0.05) is 30.3 Å². The van der Waals surface area contributed by atoms with Gasteiger partial charge in [0, 0.05) is 10.9 Å². The number of fused-ring (bicyclic) bond motifs is 1. The molecule has 0 aliphatic rings. The topological polar surface area (TPSA) is 51.5 Å². The maximum atomic E-state index is 12.5. The van der Waals surface area contributed by atoms with Crippen molar-refractivity contribution in [3.05, 3.63) is 65.4 Å². The predicted molar refractivity (Wildman–Crippen MR) is 89.8 cm³/mol. The summed E-state index contributed by atoms with van der Waals surface area (Å²) in [6.45, 7) is 3.83. The van der Waals surface area contributed by atoms with Crippen LogP contribution in [0.3, 0.4) is 0 Å². The summed E-state index contributed by atoms with van der Waals surface area (Å²) in [7, 11) is 1.62. The van der Waals surface area contributed by atoms with Crippen molar-refractivity contribution >= 4 is 16.9 Å². The van der Waals surface area contributed by atoms with Gasteiger partial charge >= 0.3 is 0 Å². The van der Waals surface area contributed by atoms with Gasteiger partial charge in [-0.2, -0.15) is 0 Å². The van der Waals surface area contributed by atoms with E-state index in [1.807, 2.05) is 62.4 Å². The fraction of sp³-hybridized carbons (Fsp3) is 0.211. The minimum absolute atomic E-state index is 0.0918. The van der Waals surface area contributed by atoms with Crippen LogP contribution in [0.1, 0.15) is 34.6 Å². The van der Waals surface area contributed by atoms with Gasteiger partial charge in [-0.15, -0.1) is 0 Å². The van der Waals surface area contributed by atoms with Gasteiger partial charge in [0.1, 0.15) is 11.3 Å². The van der Waals surface area contributed by atoms with E-state index in [1.54, 1.807) is 7.11 Å². The number of methoxy groups -OCH3 is 1. The molecule has 0 spiro atoms. The molecule has 3 rings (SSSR count). The largest absolute Gasteiger partial charge is 0.497 e. The monoisotopic (exact) mass is 309 g/mol. The zero-order valence-corrected chi connectivity index (χ0v) is 13.4. The van der Waals surface area contributed by atoms with Crippen molar-refractivity contribution in [1.82, 2.24) is 5.32 Å². The zero-order valence-electron chi connectivity index (χ0n) is 13.4. The molecule has 118 valence electrons. The fourth-order valence-electron chi connectivity index (χ4n) is 2.63. The van der Waals surface area contributed by atoms with Crippen molar-refractivity contribution in [2.45, 2.75) is 19.9 Å². The van der Waals surface area contributed by atoms with E-state index in [0.29, 0.717) is 11.3 Å². The van der Waals surface area contributed by atoms with Gasteiger partial charge in [-0.3, -0.25) is 4.79 Å². The highest BCUT2D eigenvalue weighted by Gasteiger charge is 2.20. The molecule has 0 aliphatic carbocycles. The SMILES string of the molecule is COc1ccc2oc(C(=O)N[C@H](C)c3ccccc3)c(C)c2c1. The Morgan fingerprint density at radius 2 is 1.91 bits per heavy atom. The Hall–Kier alpha value is -2.75. The van der Waals surface area contributed by atoms with Crippen LogP contribution in [0, 0.1) is 6.92 Å². The van der Waals surface area contributed by atoms with Crippen molar-refractivity contribution < 1.29 is 13.9 Å². The number of carbonyl (C=O) groups excluding carboxylic acids is 1. The van der Waals surface area contributed by atoms with E-state index in [2.05, 4.69) is 5.32 Å². The van der Waals surface area contributed by atoms with Crippen LogP contribution in [-0.2, 0) is 0 Å². The minimum Gasteiger partial charge on any atom is -0.497 e. The Balaban J connectivity index is 1.88. The van der Waals surface area contributed by atoms with Crippen LogP contribution in [0.5, 0.6) is 5.75 Å². The highest BCUT2D eigenvalue weighted by atomic mass is 16.5. The molecule has 4 heteroatoms. The van der Waals surface area contributed by atoms with Gasteiger partial charge in [0.2, 0.25) is 0 Å². The molecular weight excluding hydrogens is 290 g/mol. The van der Waals surface area contributed by atoms with E-state index in [9.17, 15) is 4.79 Å². The molecule has 0 bridgehead atoms. The number of ether oxygens (including phenoxy) is 1. The Morgan fingerprint density at radius 1 is 1.17 bits per heavy atom. The summed E-state index contributed by atoms with van der Waals surface area (Å²) >= 11 is 0. The lowest BCUT2D eigenvalue weighted by atomic mass is 10.1. The maximum absolute atomic E-state index is 12.5. The molecule has 1 atom stereocenters. The maximum Gasteiger partial charge on any atom is 0.287 e. The van der Waals surface area contributed by atoms with Gasteiger partial charge in [0.25, 0.3) is 5.91 Å². The van der Waals surface area contributed by atoms with Crippen molar-refractivity contribution in [2.24, 2.45) is 0 Å². The van der Waals surface area contributed by atoms with Gasteiger partial charge in [0.05, 0.1) is 13.2 Å². The number of furan rings is 1. The van der Waals surface area contributed by atoms with Crippen molar-refractivity contribution in [1.29, 1.82) is 0 Å². The summed E-state index contributed by atoms with van der Waals surface area (Å²) in [4.78, 5) is 12.5. The summed E-state index contributed by atoms with van der Waals surface area (Å²) in [6.07, 6.45) is 0. The van der Waals surface area contributed by atoms with Crippen LogP contribution in [-0.4, -0.2) is 13.0 Å². The molecule has 0 saturated heterocycles. The van der Waals surface area contributed by atoms with Crippen molar-refractivity contribution in [3.8, 4) is 5.75 Å². The second-order valence-corrected chi connectivity index (χ2v) is 5.52. The van der Waals surface area contributed by atoms with E-state index in [4.69, 9.17) is 9.15 Å². The first kappa shape index (κ1) is 15.2. The van der Waals surface area contributed by atoms with Crippen LogP contribution in [0.15, 0.2) is 52.9 Å². The molecule has 23 heavy (non-hydrogen) atoms. The lowest BCUT2D eigenvalue weighted by Crippen LogP contribution is -2.26. The standard InChI is InChI=1S/C19H19NO3/c1-12-16-11-15(22-3)9-10-17(16)23-18(12)19(21)20-13(2)14-7-5-4-6-8-14/h4-11,13H,1-3H3,(H,20,21)/t13-/m1/s1. The third-order valence-electron chi connectivity index (χ3n) is 4.00. The van der Waals surface area contributed by atoms with E-state index in [1.165, 1.54) is 0 Å². The molecule has 4 nitrogen and oxygen atoms in total. The molecule has 3 aromatic rings. The molecule has 1 amide bonds. The van der Waals surface area contributed by atoms with E-state index >= 15 is 0 Å². The number of nitrogens with one attached hydrogen (secondary N) is 1. The molecule has 0 radical (unpaired) electrons. The third kappa shape index (κ3) is 2.93. The van der Waals surface area contributed by atoms with E-state index in [0.717, 1.165) is 22.3 Å². The number of rotatable bonds is 4. The minimum atomic E-state index is -0.214. The summed E-state index contributed by atoms with van der Waals surface area (Å²) in [5, 5.41) is 3.87. The number of aryl methyl sites for hydroxylation is 1. The lowest BCUT2D eigenvalue weighted by molar-refractivity contribution is 0.0913. The van der Waals surface area contributed by atoms with Crippen LogP contribution in [0.25, 0.3) is 11.0 Å². The van der Waals surface area contributed by atoms with Gasteiger partial charge in [-0.05, 0) is 37.6 Å². The normalized spacial score (nSPS) is 12.1. The summed E-state index contributed by atoms with van der Waals surface area (Å²) in [5.74, 6) is 0.871. The predicted octanol–water partition coefficient (Wildman–Crippen LogP) is 4.24. The second kappa shape index (κ2) is 6.16. The molecule has 2 aromatic carbocycles. The quantitative estimate of drug-likeness (QED) is 0.784. The number of carbonyl (C=O) groups is 1. The molecule has 1 N–H and O–H groups in total. The van der Waals surface area contributed by atoms with Crippen LogP contribution in [0.4, 0.5) is 0 Å². The van der Waals surface area contributed by atoms with Crippen molar-refractivity contribution in [2.75, 3.05) is 7.11 Å². The number of hydrogen-bond acceptors (Lipinski definition) is 3. The van der Waals surface area contributed by atoms with E-state index in [-0.39, 0.29) is 11.9 Å². The summed E-state index contributed by atoms with van der Waals surface area (Å²) in [5.41, 5.74) is 2.55. The lowest BCUT2D eigenvalue weighted by Gasteiger charge is -2.13. The Kier molecular flexibility index (Phi) is 4.06. The Bertz CT molecular complexity index is 836. The molecular formula is C19H19NO3. The van der Waals surface area contributed by atoms with Crippen LogP contribution in [0.2, 0.25) is 0 Å². The molecule has 0 aliphatic heterocycles. The number of benzene rings is 2.